The van der Waals surface area contributed by atoms with E-state index < -0.39 is 5.97 Å². The van der Waals surface area contributed by atoms with Crippen molar-refractivity contribution < 1.29 is 24.2 Å². The van der Waals surface area contributed by atoms with Gasteiger partial charge in [-0.15, -0.1) is 0 Å². The first-order chi connectivity index (χ1) is 11.1. The van der Waals surface area contributed by atoms with Gasteiger partial charge in [-0.3, -0.25) is 4.79 Å². The van der Waals surface area contributed by atoms with E-state index in [1.54, 1.807) is 30.4 Å². The monoisotopic (exact) mass is 314 g/mol. The predicted molar refractivity (Wildman–Crippen MR) is 87.6 cm³/mol. The van der Waals surface area contributed by atoms with E-state index in [1.807, 2.05) is 0 Å². The van der Waals surface area contributed by atoms with Crippen LogP contribution in [-0.2, 0) is 9.53 Å². The Hall–Kier alpha value is -3.08. The Labute approximate surface area is 134 Å². The van der Waals surface area contributed by atoms with E-state index in [0.29, 0.717) is 5.75 Å². The van der Waals surface area contributed by atoms with Crippen LogP contribution in [0.1, 0.15) is 10.4 Å². The Bertz CT molecular complexity index is 641. The molecule has 0 saturated carbocycles. The van der Waals surface area contributed by atoms with E-state index >= 15 is 0 Å². The van der Waals surface area contributed by atoms with Crippen molar-refractivity contribution in [2.75, 3.05) is 13.2 Å². The van der Waals surface area contributed by atoms with Gasteiger partial charge in [0.1, 0.15) is 24.7 Å². The zero-order valence-corrected chi connectivity index (χ0v) is 12.6. The number of ketones is 1. The minimum absolute atomic E-state index is 0.0602. The van der Waals surface area contributed by atoms with Gasteiger partial charge in [-0.25, -0.2) is 4.79 Å². The highest BCUT2D eigenvalue weighted by molar-refractivity contribution is 6.06. The Kier molecular flexibility index (Phi) is 7.64. The number of phenols is 1. The maximum Gasteiger partial charge on any atom is 0.330 e. The Balaban J connectivity index is 2.60. The zero-order valence-electron chi connectivity index (χ0n) is 12.6. The van der Waals surface area contributed by atoms with Gasteiger partial charge in [0, 0.05) is 12.1 Å². The molecule has 1 rings (SSSR count). The molecule has 0 aliphatic heterocycles. The molecule has 23 heavy (non-hydrogen) atoms. The van der Waals surface area contributed by atoms with Gasteiger partial charge < -0.3 is 14.6 Å². The van der Waals surface area contributed by atoms with Crippen LogP contribution in [-0.4, -0.2) is 30.1 Å². The van der Waals surface area contributed by atoms with E-state index in [9.17, 15) is 14.7 Å². The molecule has 1 aromatic rings. The average Bonchev–Trinajstić information content (AvgIpc) is 2.55. The first-order valence-electron chi connectivity index (χ1n) is 6.83. The lowest BCUT2D eigenvalue weighted by molar-refractivity contribution is -0.138. The van der Waals surface area contributed by atoms with Crippen LogP contribution in [0.15, 0.2) is 67.8 Å². The van der Waals surface area contributed by atoms with Gasteiger partial charge in [0.05, 0.1) is 5.56 Å². The van der Waals surface area contributed by atoms with Crippen molar-refractivity contribution in [3.8, 4) is 11.5 Å². The second-order valence-corrected chi connectivity index (χ2v) is 4.24. The fraction of sp³-hybridized carbons (Fsp3) is 0.111. The average molecular weight is 314 g/mol. The highest BCUT2D eigenvalue weighted by Gasteiger charge is 2.09. The van der Waals surface area contributed by atoms with Crippen LogP contribution < -0.4 is 4.74 Å². The second-order valence-electron chi connectivity index (χ2n) is 4.24. The molecule has 0 amide bonds. The minimum Gasteiger partial charge on any atom is -0.507 e. The Morgan fingerprint density at radius 3 is 2.57 bits per heavy atom. The van der Waals surface area contributed by atoms with Gasteiger partial charge in [-0.1, -0.05) is 37.5 Å². The third kappa shape index (κ3) is 6.48. The molecule has 0 radical (unpaired) electrons. The predicted octanol–water partition coefficient (Wildman–Crippen LogP) is 2.98. The lowest BCUT2D eigenvalue weighted by Crippen LogP contribution is -2.10. The summed E-state index contributed by atoms with van der Waals surface area (Å²) in [5, 5.41) is 9.88. The third-order valence-electron chi connectivity index (χ3n) is 2.60. The molecule has 0 saturated heterocycles. The van der Waals surface area contributed by atoms with E-state index in [1.165, 1.54) is 18.2 Å². The Morgan fingerprint density at radius 1 is 1.13 bits per heavy atom. The normalized spacial score (nSPS) is 10.6. The number of carbonyl (C=O) groups is 2. The Morgan fingerprint density at radius 2 is 1.91 bits per heavy atom. The molecular formula is C18H18O5. The van der Waals surface area contributed by atoms with Crippen LogP contribution in [0.5, 0.6) is 11.5 Å². The molecule has 1 aromatic carbocycles. The maximum atomic E-state index is 11.9. The second kappa shape index (κ2) is 9.78. The molecule has 0 fully saturated rings. The molecule has 0 atom stereocenters. The van der Waals surface area contributed by atoms with Gasteiger partial charge in [0.25, 0.3) is 0 Å². The van der Waals surface area contributed by atoms with Crippen LogP contribution in [0.2, 0.25) is 0 Å². The molecule has 1 N–H and O–H groups in total. The number of allylic oxidation sites excluding steroid dienone is 5. The highest BCUT2D eigenvalue weighted by atomic mass is 16.6. The number of aromatic hydroxyl groups is 1. The molecule has 0 aliphatic carbocycles. The number of hydrogen-bond acceptors (Lipinski definition) is 5. The minimum atomic E-state index is -0.533. The molecule has 120 valence electrons. The van der Waals surface area contributed by atoms with Crippen molar-refractivity contribution in [2.24, 2.45) is 0 Å². The lowest BCUT2D eigenvalue weighted by atomic mass is 10.1. The lowest BCUT2D eigenvalue weighted by Gasteiger charge is -2.08. The van der Waals surface area contributed by atoms with Gasteiger partial charge in [-0.05, 0) is 18.2 Å². The number of esters is 1. The number of hydrogen-bond donors (Lipinski definition) is 1. The van der Waals surface area contributed by atoms with Crippen molar-refractivity contribution in [2.45, 2.75) is 0 Å². The quantitative estimate of drug-likeness (QED) is 0.249. The van der Waals surface area contributed by atoms with Gasteiger partial charge >= 0.3 is 5.97 Å². The van der Waals surface area contributed by atoms with Crippen molar-refractivity contribution in [3.63, 3.8) is 0 Å². The van der Waals surface area contributed by atoms with Crippen LogP contribution >= 0.6 is 0 Å². The summed E-state index contributed by atoms with van der Waals surface area (Å²) >= 11 is 0. The number of phenolic OH excluding ortho intramolecular Hbond substituents is 1. The first kappa shape index (κ1) is 18.0. The number of benzene rings is 1. The number of ether oxygens (including phenoxy) is 2. The van der Waals surface area contributed by atoms with Crippen molar-refractivity contribution in [3.05, 3.63) is 73.4 Å². The van der Waals surface area contributed by atoms with E-state index in [0.717, 1.165) is 6.08 Å². The molecule has 5 nitrogen and oxygen atoms in total. The molecule has 0 bridgehead atoms. The molecule has 0 aliphatic rings. The topological polar surface area (TPSA) is 72.8 Å². The molecule has 0 spiro atoms. The van der Waals surface area contributed by atoms with Crippen molar-refractivity contribution >= 4 is 11.8 Å². The first-order valence-corrected chi connectivity index (χ1v) is 6.83. The van der Waals surface area contributed by atoms with Gasteiger partial charge in [0.15, 0.2) is 5.78 Å². The largest absolute Gasteiger partial charge is 0.507 e. The van der Waals surface area contributed by atoms with Crippen molar-refractivity contribution in [1.82, 2.24) is 0 Å². The molecule has 0 unspecified atom stereocenters. The fourth-order valence-corrected chi connectivity index (χ4v) is 1.55. The summed E-state index contributed by atoms with van der Waals surface area (Å²) in [6, 6.07) is 4.34. The van der Waals surface area contributed by atoms with Crippen LogP contribution in [0.25, 0.3) is 0 Å². The maximum absolute atomic E-state index is 11.9. The van der Waals surface area contributed by atoms with E-state index in [2.05, 4.69) is 13.2 Å². The van der Waals surface area contributed by atoms with Gasteiger partial charge in [0.2, 0.25) is 0 Å². The van der Waals surface area contributed by atoms with Gasteiger partial charge in [-0.2, -0.15) is 0 Å². The zero-order chi connectivity index (χ0) is 17.1. The third-order valence-corrected chi connectivity index (χ3v) is 2.60. The standard InChI is InChI=1S/C18H18O5/c1-3-5-6-7-8-16(19)15-10-9-14(13-17(15)20)22-11-12-23-18(21)4-2/h3-10,13,20H,1-2,11-12H2. The summed E-state index contributed by atoms with van der Waals surface area (Å²) in [6.07, 6.45) is 8.88. The fourth-order valence-electron chi connectivity index (χ4n) is 1.55. The molecule has 5 heteroatoms. The number of rotatable bonds is 9. The summed E-state index contributed by atoms with van der Waals surface area (Å²) in [6.45, 7) is 6.97. The SMILES string of the molecule is C=CC=CC=CC(=O)c1ccc(OCCOC(=O)C=C)cc1O. The number of carbonyl (C=O) groups excluding carboxylic acids is 2. The highest BCUT2D eigenvalue weighted by Crippen LogP contribution is 2.24. The molecule has 0 aromatic heterocycles. The summed E-state index contributed by atoms with van der Waals surface area (Å²) in [5.41, 5.74) is 0.165. The summed E-state index contributed by atoms with van der Waals surface area (Å²) in [4.78, 5) is 22.7. The van der Waals surface area contributed by atoms with Crippen LogP contribution in [0.3, 0.4) is 0 Å². The van der Waals surface area contributed by atoms with Crippen LogP contribution in [0, 0.1) is 0 Å². The summed E-state index contributed by atoms with van der Waals surface area (Å²) < 4.78 is 10.1. The molecule has 0 heterocycles. The van der Waals surface area contributed by atoms with E-state index in [-0.39, 0.29) is 30.3 Å². The van der Waals surface area contributed by atoms with Crippen molar-refractivity contribution in [1.29, 1.82) is 0 Å². The smallest absolute Gasteiger partial charge is 0.330 e. The van der Waals surface area contributed by atoms with Crippen LogP contribution in [0.4, 0.5) is 0 Å². The molecular weight excluding hydrogens is 296 g/mol. The summed E-state index contributed by atoms with van der Waals surface area (Å²) in [5.74, 6) is -0.686. The van der Waals surface area contributed by atoms with E-state index in [4.69, 9.17) is 9.47 Å². The summed E-state index contributed by atoms with van der Waals surface area (Å²) in [7, 11) is 0.